The van der Waals surface area contributed by atoms with E-state index in [-0.39, 0.29) is 12.8 Å². The van der Waals surface area contributed by atoms with Crippen molar-refractivity contribution in [3.05, 3.63) is 35.6 Å². The van der Waals surface area contributed by atoms with Crippen LogP contribution >= 0.6 is 0 Å². The van der Waals surface area contributed by atoms with E-state index < -0.39 is 48.1 Å². The Bertz CT molecular complexity index is 647. The summed E-state index contributed by atoms with van der Waals surface area (Å²) in [5, 5.41) is 22.3. The number of carbonyl (C=O) groups is 4. The maximum atomic E-state index is 12.9. The number of carboxylic acid groups (broad SMARTS) is 2. The number of carboxylic acids is 2. The van der Waals surface area contributed by atoms with E-state index in [1.807, 2.05) is 0 Å². The van der Waals surface area contributed by atoms with Crippen molar-refractivity contribution in [1.82, 2.24) is 10.6 Å². The summed E-state index contributed by atoms with van der Waals surface area (Å²) in [6.45, 7) is 1.20. The summed E-state index contributed by atoms with van der Waals surface area (Å²) in [6, 6.07) is 2.81. The predicted molar refractivity (Wildman–Crippen MR) is 84.1 cm³/mol. The lowest BCUT2D eigenvalue weighted by atomic mass is 10.0. The van der Waals surface area contributed by atoms with E-state index in [9.17, 15) is 23.6 Å². The Labute approximate surface area is 143 Å². The summed E-state index contributed by atoms with van der Waals surface area (Å²) in [7, 11) is 0. The second kappa shape index (κ2) is 9.36. The highest BCUT2D eigenvalue weighted by Crippen LogP contribution is 2.07. The molecule has 0 fully saturated rings. The minimum absolute atomic E-state index is 0.0248. The fraction of sp³-hybridized carbons (Fsp3) is 0.375. The standard InChI is InChI=1S/C16H19FN2O6/c1-9(20)18-13(8-10-2-4-11(17)5-3-10)15(23)19-12(16(24)25)6-7-14(21)22/h2-5,12-13H,6-8H2,1H3,(H,18,20)(H,19,23)(H,21,22)(H,24,25)/t12-,13-/m0/s1. The third kappa shape index (κ3) is 7.42. The van der Waals surface area contributed by atoms with Crippen LogP contribution < -0.4 is 10.6 Å². The van der Waals surface area contributed by atoms with Gasteiger partial charge in [-0.25, -0.2) is 9.18 Å². The van der Waals surface area contributed by atoms with Gasteiger partial charge in [0.2, 0.25) is 11.8 Å². The van der Waals surface area contributed by atoms with Gasteiger partial charge in [0, 0.05) is 19.8 Å². The number of nitrogens with one attached hydrogen (secondary N) is 2. The minimum atomic E-state index is -1.40. The minimum Gasteiger partial charge on any atom is -0.481 e. The van der Waals surface area contributed by atoms with Crippen molar-refractivity contribution in [3.8, 4) is 0 Å². The summed E-state index contributed by atoms with van der Waals surface area (Å²) < 4.78 is 12.9. The average molecular weight is 354 g/mol. The fourth-order valence-corrected chi connectivity index (χ4v) is 2.11. The number of carbonyl (C=O) groups excluding carboxylic acids is 2. The SMILES string of the molecule is CC(=O)N[C@@H](Cc1ccc(F)cc1)C(=O)N[C@@H](CCC(=O)O)C(=O)O. The van der Waals surface area contributed by atoms with Crippen LogP contribution in [0.15, 0.2) is 24.3 Å². The zero-order chi connectivity index (χ0) is 19.0. The van der Waals surface area contributed by atoms with Crippen LogP contribution in [0.3, 0.4) is 0 Å². The van der Waals surface area contributed by atoms with E-state index >= 15 is 0 Å². The second-order valence-electron chi connectivity index (χ2n) is 5.42. The third-order valence-corrected chi connectivity index (χ3v) is 3.31. The Morgan fingerprint density at radius 3 is 2.12 bits per heavy atom. The van der Waals surface area contributed by atoms with Crippen molar-refractivity contribution in [2.75, 3.05) is 0 Å². The molecule has 0 heterocycles. The van der Waals surface area contributed by atoms with E-state index in [2.05, 4.69) is 10.6 Å². The molecule has 9 heteroatoms. The van der Waals surface area contributed by atoms with Crippen LogP contribution in [0.1, 0.15) is 25.3 Å². The van der Waals surface area contributed by atoms with Crippen LogP contribution in [-0.2, 0) is 25.6 Å². The number of benzene rings is 1. The Morgan fingerprint density at radius 1 is 1.04 bits per heavy atom. The average Bonchev–Trinajstić information content (AvgIpc) is 2.51. The van der Waals surface area contributed by atoms with Gasteiger partial charge in [-0.3, -0.25) is 14.4 Å². The molecular weight excluding hydrogens is 335 g/mol. The molecule has 0 aliphatic rings. The first kappa shape index (κ1) is 20.1. The van der Waals surface area contributed by atoms with Crippen molar-refractivity contribution in [3.63, 3.8) is 0 Å². The molecule has 0 radical (unpaired) electrons. The van der Waals surface area contributed by atoms with Gasteiger partial charge >= 0.3 is 11.9 Å². The summed E-state index contributed by atoms with van der Waals surface area (Å²) in [6.07, 6.45) is -0.698. The molecule has 0 unspecified atom stereocenters. The van der Waals surface area contributed by atoms with Crippen LogP contribution in [0.4, 0.5) is 4.39 Å². The van der Waals surface area contributed by atoms with Gasteiger partial charge in [0.1, 0.15) is 17.9 Å². The molecule has 1 aromatic carbocycles. The first-order chi connectivity index (χ1) is 11.7. The Balaban J connectivity index is 2.83. The van der Waals surface area contributed by atoms with Crippen molar-refractivity contribution in [1.29, 1.82) is 0 Å². The molecule has 2 amide bonds. The molecule has 0 aliphatic heterocycles. The Kier molecular flexibility index (Phi) is 7.51. The lowest BCUT2D eigenvalue weighted by molar-refractivity contribution is -0.143. The topological polar surface area (TPSA) is 133 Å². The number of rotatable bonds is 9. The largest absolute Gasteiger partial charge is 0.481 e. The molecule has 0 aliphatic carbocycles. The van der Waals surface area contributed by atoms with E-state index in [4.69, 9.17) is 10.2 Å². The molecule has 0 spiro atoms. The quantitative estimate of drug-likeness (QED) is 0.504. The molecule has 0 aromatic heterocycles. The first-order valence-corrected chi connectivity index (χ1v) is 7.45. The number of hydrogen-bond acceptors (Lipinski definition) is 4. The first-order valence-electron chi connectivity index (χ1n) is 7.45. The maximum absolute atomic E-state index is 12.9. The molecular formula is C16H19FN2O6. The van der Waals surface area contributed by atoms with Crippen molar-refractivity contribution < 1.29 is 33.8 Å². The van der Waals surface area contributed by atoms with Gasteiger partial charge in [0.25, 0.3) is 0 Å². The summed E-state index contributed by atoms with van der Waals surface area (Å²) in [5.74, 6) is -4.29. The van der Waals surface area contributed by atoms with Gasteiger partial charge in [-0.1, -0.05) is 12.1 Å². The predicted octanol–water partition coefficient (Wildman–Crippen LogP) is 0.307. The maximum Gasteiger partial charge on any atom is 0.326 e. The molecule has 0 saturated heterocycles. The van der Waals surface area contributed by atoms with E-state index in [1.54, 1.807) is 0 Å². The smallest absolute Gasteiger partial charge is 0.326 e. The molecule has 136 valence electrons. The summed E-state index contributed by atoms with van der Waals surface area (Å²) in [5.41, 5.74) is 0.563. The normalized spacial score (nSPS) is 12.7. The molecule has 1 aromatic rings. The van der Waals surface area contributed by atoms with Crippen LogP contribution in [0, 0.1) is 5.82 Å². The molecule has 0 saturated carbocycles. The summed E-state index contributed by atoms with van der Waals surface area (Å²) >= 11 is 0. The molecule has 4 N–H and O–H groups in total. The van der Waals surface area contributed by atoms with E-state index in [1.165, 1.54) is 31.2 Å². The van der Waals surface area contributed by atoms with Gasteiger partial charge < -0.3 is 20.8 Å². The lowest BCUT2D eigenvalue weighted by Gasteiger charge is -2.21. The lowest BCUT2D eigenvalue weighted by Crippen LogP contribution is -2.52. The number of hydrogen-bond donors (Lipinski definition) is 4. The number of amides is 2. The highest BCUT2D eigenvalue weighted by atomic mass is 19.1. The van der Waals surface area contributed by atoms with Crippen molar-refractivity contribution >= 4 is 23.8 Å². The zero-order valence-electron chi connectivity index (χ0n) is 13.5. The van der Waals surface area contributed by atoms with Crippen molar-refractivity contribution in [2.24, 2.45) is 0 Å². The third-order valence-electron chi connectivity index (χ3n) is 3.31. The zero-order valence-corrected chi connectivity index (χ0v) is 13.5. The molecule has 1 rings (SSSR count). The second-order valence-corrected chi connectivity index (χ2v) is 5.42. The van der Waals surface area contributed by atoms with Crippen LogP contribution in [0.5, 0.6) is 0 Å². The van der Waals surface area contributed by atoms with Crippen LogP contribution in [0.2, 0.25) is 0 Å². The molecule has 0 bridgehead atoms. The monoisotopic (exact) mass is 354 g/mol. The molecule has 25 heavy (non-hydrogen) atoms. The molecule has 2 atom stereocenters. The number of aliphatic carboxylic acids is 2. The van der Waals surface area contributed by atoms with E-state index in [0.29, 0.717) is 5.56 Å². The number of halogens is 1. The van der Waals surface area contributed by atoms with Gasteiger partial charge in [-0.05, 0) is 24.1 Å². The van der Waals surface area contributed by atoms with Gasteiger partial charge in [-0.2, -0.15) is 0 Å². The van der Waals surface area contributed by atoms with E-state index in [0.717, 1.165) is 0 Å². The van der Waals surface area contributed by atoms with Crippen molar-refractivity contribution in [2.45, 2.75) is 38.3 Å². The highest BCUT2D eigenvalue weighted by Gasteiger charge is 2.26. The van der Waals surface area contributed by atoms with Gasteiger partial charge in [-0.15, -0.1) is 0 Å². The van der Waals surface area contributed by atoms with Gasteiger partial charge in [0.05, 0.1) is 0 Å². The van der Waals surface area contributed by atoms with Crippen LogP contribution in [0.25, 0.3) is 0 Å². The highest BCUT2D eigenvalue weighted by molar-refractivity contribution is 5.90. The Hall–Kier alpha value is -2.97. The summed E-state index contributed by atoms with van der Waals surface area (Å²) in [4.78, 5) is 45.3. The van der Waals surface area contributed by atoms with Gasteiger partial charge in [0.15, 0.2) is 0 Å². The fourth-order valence-electron chi connectivity index (χ4n) is 2.11. The molecule has 8 nitrogen and oxygen atoms in total. The van der Waals surface area contributed by atoms with Crippen LogP contribution in [-0.4, -0.2) is 46.0 Å². The Morgan fingerprint density at radius 2 is 1.64 bits per heavy atom.